The maximum Gasteiger partial charge on any atom is 0.201 e. The molecule has 2 N–H and O–H groups in total. The van der Waals surface area contributed by atoms with Gasteiger partial charge in [-0.05, 0) is 32.9 Å². The van der Waals surface area contributed by atoms with Crippen molar-refractivity contribution >= 4 is 28.3 Å². The van der Waals surface area contributed by atoms with Gasteiger partial charge in [0.25, 0.3) is 0 Å². The number of thiazole rings is 1. The highest BCUT2D eigenvalue weighted by molar-refractivity contribution is 7.09. The molecular weight excluding hydrogens is 284 g/mol. The van der Waals surface area contributed by atoms with E-state index in [0.717, 1.165) is 22.5 Å². The topological polar surface area (TPSA) is 66.0 Å². The Labute approximate surface area is 127 Å². The van der Waals surface area contributed by atoms with Crippen LogP contribution in [0.3, 0.4) is 0 Å². The number of benzene rings is 1. The van der Waals surface area contributed by atoms with Gasteiger partial charge in [0, 0.05) is 4.88 Å². The maximum absolute atomic E-state index is 6.10. The zero-order chi connectivity index (χ0) is 15.0. The standard InChI is InChI=1S/C15H18N4OS/c1-9(2)20-12-6-4-5-11-14(12)18-15(16)19(11)7-13-10(3)17-8-21-13/h4-6,8-9H,7H2,1-3H3,(H2,16,18). The van der Waals surface area contributed by atoms with Gasteiger partial charge in [-0.25, -0.2) is 9.97 Å². The second-order valence-corrected chi connectivity index (χ2v) is 6.15. The zero-order valence-corrected chi connectivity index (χ0v) is 13.1. The molecule has 3 aromatic rings. The van der Waals surface area contributed by atoms with E-state index in [1.54, 1.807) is 11.3 Å². The van der Waals surface area contributed by atoms with Crippen molar-refractivity contribution in [3.8, 4) is 5.75 Å². The van der Waals surface area contributed by atoms with Crippen molar-refractivity contribution in [1.29, 1.82) is 0 Å². The number of ether oxygens (including phenoxy) is 1. The van der Waals surface area contributed by atoms with Crippen LogP contribution in [0.15, 0.2) is 23.7 Å². The van der Waals surface area contributed by atoms with E-state index >= 15 is 0 Å². The molecular formula is C15H18N4OS. The van der Waals surface area contributed by atoms with Crippen LogP contribution in [-0.4, -0.2) is 20.6 Å². The fourth-order valence-corrected chi connectivity index (χ4v) is 3.04. The fraction of sp³-hybridized carbons (Fsp3) is 0.333. The van der Waals surface area contributed by atoms with Gasteiger partial charge >= 0.3 is 0 Å². The van der Waals surface area contributed by atoms with Gasteiger partial charge < -0.3 is 15.0 Å². The average Bonchev–Trinajstić information content (AvgIpc) is 2.96. The normalized spacial score (nSPS) is 11.4. The average molecular weight is 302 g/mol. The first-order valence-corrected chi connectivity index (χ1v) is 7.74. The Bertz CT molecular complexity index is 775. The molecule has 0 bridgehead atoms. The van der Waals surface area contributed by atoms with Gasteiger partial charge in [0.15, 0.2) is 0 Å². The molecule has 0 unspecified atom stereocenters. The largest absolute Gasteiger partial charge is 0.489 e. The summed E-state index contributed by atoms with van der Waals surface area (Å²) < 4.78 is 7.82. The molecule has 3 rings (SSSR count). The first kappa shape index (κ1) is 13.9. The van der Waals surface area contributed by atoms with Crippen LogP contribution in [0.5, 0.6) is 5.75 Å². The smallest absolute Gasteiger partial charge is 0.201 e. The summed E-state index contributed by atoms with van der Waals surface area (Å²) in [6.45, 7) is 6.69. The molecule has 0 aliphatic carbocycles. The van der Waals surface area contributed by atoms with Crippen LogP contribution < -0.4 is 10.5 Å². The lowest BCUT2D eigenvalue weighted by Gasteiger charge is -2.10. The number of nitrogens with two attached hydrogens (primary N) is 1. The van der Waals surface area contributed by atoms with Crippen LogP contribution in [0.1, 0.15) is 24.4 Å². The third kappa shape index (κ3) is 2.58. The molecule has 110 valence electrons. The summed E-state index contributed by atoms with van der Waals surface area (Å²) >= 11 is 1.63. The van der Waals surface area contributed by atoms with Crippen molar-refractivity contribution in [3.05, 3.63) is 34.3 Å². The van der Waals surface area contributed by atoms with E-state index in [-0.39, 0.29) is 6.10 Å². The highest BCUT2D eigenvalue weighted by Crippen LogP contribution is 2.29. The Morgan fingerprint density at radius 1 is 1.38 bits per heavy atom. The Morgan fingerprint density at radius 2 is 2.19 bits per heavy atom. The summed E-state index contributed by atoms with van der Waals surface area (Å²) in [7, 11) is 0. The minimum absolute atomic E-state index is 0.103. The van der Waals surface area contributed by atoms with Gasteiger partial charge in [-0.2, -0.15) is 0 Å². The van der Waals surface area contributed by atoms with Crippen molar-refractivity contribution < 1.29 is 4.74 Å². The molecule has 0 saturated carbocycles. The van der Waals surface area contributed by atoms with E-state index in [1.165, 1.54) is 4.88 Å². The van der Waals surface area contributed by atoms with Gasteiger partial charge in [0.1, 0.15) is 11.3 Å². The first-order valence-electron chi connectivity index (χ1n) is 6.86. The lowest BCUT2D eigenvalue weighted by molar-refractivity contribution is 0.245. The Hall–Kier alpha value is -2.08. The number of hydrogen-bond acceptors (Lipinski definition) is 5. The van der Waals surface area contributed by atoms with Crippen LogP contribution in [0, 0.1) is 6.92 Å². The van der Waals surface area contributed by atoms with Gasteiger partial charge in [-0.15, -0.1) is 11.3 Å². The number of aromatic nitrogens is 3. The molecule has 0 fully saturated rings. The second kappa shape index (κ2) is 5.37. The number of anilines is 1. The summed E-state index contributed by atoms with van der Waals surface area (Å²) in [6.07, 6.45) is 0.103. The Kier molecular flexibility index (Phi) is 3.55. The summed E-state index contributed by atoms with van der Waals surface area (Å²) in [6, 6.07) is 5.91. The summed E-state index contributed by atoms with van der Waals surface area (Å²) in [5.41, 5.74) is 10.8. The van der Waals surface area contributed by atoms with Gasteiger partial charge in [0.2, 0.25) is 5.95 Å². The Balaban J connectivity index is 2.07. The predicted molar refractivity (Wildman–Crippen MR) is 85.9 cm³/mol. The summed E-state index contributed by atoms with van der Waals surface area (Å²) in [4.78, 5) is 9.95. The minimum Gasteiger partial charge on any atom is -0.489 e. The van der Waals surface area contributed by atoms with Crippen molar-refractivity contribution in [1.82, 2.24) is 14.5 Å². The number of para-hydroxylation sites is 1. The quantitative estimate of drug-likeness (QED) is 0.803. The Morgan fingerprint density at radius 3 is 2.86 bits per heavy atom. The molecule has 21 heavy (non-hydrogen) atoms. The number of imidazole rings is 1. The second-order valence-electron chi connectivity index (χ2n) is 5.21. The van der Waals surface area contributed by atoms with Crippen LogP contribution in [-0.2, 0) is 6.54 Å². The van der Waals surface area contributed by atoms with E-state index < -0.39 is 0 Å². The zero-order valence-electron chi connectivity index (χ0n) is 12.3. The minimum atomic E-state index is 0.103. The number of hydrogen-bond donors (Lipinski definition) is 1. The van der Waals surface area contributed by atoms with Crippen LogP contribution in [0.2, 0.25) is 0 Å². The molecule has 0 saturated heterocycles. The SMILES string of the molecule is Cc1ncsc1Cn1c(N)nc2c(OC(C)C)cccc21. The first-order chi connectivity index (χ1) is 10.1. The molecule has 0 aliphatic rings. The van der Waals surface area contributed by atoms with E-state index in [1.807, 2.05) is 49.0 Å². The highest BCUT2D eigenvalue weighted by atomic mass is 32.1. The third-order valence-electron chi connectivity index (χ3n) is 3.28. The molecule has 1 aromatic carbocycles. The van der Waals surface area contributed by atoms with Crippen LogP contribution >= 0.6 is 11.3 Å². The molecule has 6 heteroatoms. The molecule has 2 aromatic heterocycles. The van der Waals surface area contributed by atoms with Gasteiger partial charge in [-0.3, -0.25) is 0 Å². The van der Waals surface area contributed by atoms with E-state index in [4.69, 9.17) is 10.5 Å². The van der Waals surface area contributed by atoms with Crippen molar-refractivity contribution in [2.45, 2.75) is 33.4 Å². The highest BCUT2D eigenvalue weighted by Gasteiger charge is 2.14. The van der Waals surface area contributed by atoms with Gasteiger partial charge in [-0.1, -0.05) is 6.07 Å². The molecule has 0 atom stereocenters. The molecule has 0 radical (unpaired) electrons. The predicted octanol–water partition coefficient (Wildman–Crippen LogP) is 3.22. The molecule has 0 aliphatic heterocycles. The number of rotatable bonds is 4. The lowest BCUT2D eigenvalue weighted by Crippen LogP contribution is -2.06. The third-order valence-corrected chi connectivity index (χ3v) is 4.20. The van der Waals surface area contributed by atoms with E-state index in [9.17, 15) is 0 Å². The molecule has 0 spiro atoms. The summed E-state index contributed by atoms with van der Waals surface area (Å²) in [5, 5.41) is 0. The number of fused-ring (bicyclic) bond motifs is 1. The monoisotopic (exact) mass is 302 g/mol. The van der Waals surface area contributed by atoms with Crippen LogP contribution in [0.25, 0.3) is 11.0 Å². The fourth-order valence-electron chi connectivity index (χ4n) is 2.28. The molecule has 0 amide bonds. The van der Waals surface area contributed by atoms with Crippen molar-refractivity contribution in [2.75, 3.05) is 5.73 Å². The lowest BCUT2D eigenvalue weighted by atomic mass is 10.3. The van der Waals surface area contributed by atoms with Crippen molar-refractivity contribution in [3.63, 3.8) is 0 Å². The number of nitrogen functional groups attached to an aromatic ring is 1. The molecule has 2 heterocycles. The van der Waals surface area contributed by atoms with E-state index in [0.29, 0.717) is 12.5 Å². The summed E-state index contributed by atoms with van der Waals surface area (Å²) in [5.74, 6) is 1.27. The van der Waals surface area contributed by atoms with Crippen LogP contribution in [0.4, 0.5) is 5.95 Å². The van der Waals surface area contributed by atoms with E-state index in [2.05, 4.69) is 9.97 Å². The maximum atomic E-state index is 6.10. The number of aryl methyl sites for hydroxylation is 1. The van der Waals surface area contributed by atoms with Gasteiger partial charge in [0.05, 0.1) is 29.4 Å². The van der Waals surface area contributed by atoms with Crippen molar-refractivity contribution in [2.24, 2.45) is 0 Å². The number of nitrogens with zero attached hydrogens (tertiary/aromatic N) is 3. The molecule has 5 nitrogen and oxygen atoms in total.